The first-order valence-electron chi connectivity index (χ1n) is 12.0. The topological polar surface area (TPSA) is 57.3 Å². The van der Waals surface area contributed by atoms with Gasteiger partial charge in [-0.25, -0.2) is 0 Å². The van der Waals surface area contributed by atoms with E-state index in [1.807, 2.05) is 12.1 Å². The van der Waals surface area contributed by atoms with Gasteiger partial charge in [0.15, 0.2) is 0 Å². The maximum atomic E-state index is 13.4. The highest BCUT2D eigenvalue weighted by Crippen LogP contribution is 2.38. The summed E-state index contributed by atoms with van der Waals surface area (Å²) in [6.45, 7) is 7.66. The molecule has 0 saturated carbocycles. The monoisotopic (exact) mass is 450 g/mol. The van der Waals surface area contributed by atoms with Gasteiger partial charge in [0.1, 0.15) is 5.75 Å². The SMILES string of the molecule is COc1ccc2c(c1)N1CCN(c3ccccc3)C[C@H]1[C@H](C(=O)NCCN1CCOCC1)C2. The molecule has 0 bridgehead atoms. The van der Waals surface area contributed by atoms with Crippen LogP contribution in [0.1, 0.15) is 5.56 Å². The number of morpholine rings is 1. The molecular weight excluding hydrogens is 416 g/mol. The molecule has 5 rings (SSSR count). The Hall–Kier alpha value is -2.77. The molecule has 7 heteroatoms. The minimum atomic E-state index is -0.0814. The third kappa shape index (κ3) is 4.80. The number of carbonyl (C=O) groups excluding carboxylic acids is 1. The fraction of sp³-hybridized carbons (Fsp3) is 0.500. The van der Waals surface area contributed by atoms with Crippen LogP contribution in [0.3, 0.4) is 0 Å². The zero-order valence-corrected chi connectivity index (χ0v) is 19.4. The van der Waals surface area contributed by atoms with Crippen molar-refractivity contribution in [3.8, 4) is 5.75 Å². The Balaban J connectivity index is 1.34. The standard InChI is InChI=1S/C26H34N4O3/c1-32-22-8-7-20-17-23(26(31)27-9-10-28-13-15-33-16-14-28)25-19-29(21-5-3-2-4-6-21)11-12-30(25)24(20)18-22/h2-8,18,23,25H,9-17,19H2,1H3,(H,27,31)/t23-,25+/m1/s1. The zero-order chi connectivity index (χ0) is 22.6. The molecule has 0 aliphatic carbocycles. The van der Waals surface area contributed by atoms with Crippen molar-refractivity contribution in [3.63, 3.8) is 0 Å². The van der Waals surface area contributed by atoms with E-state index in [4.69, 9.17) is 9.47 Å². The Kier molecular flexibility index (Phi) is 6.69. The highest BCUT2D eigenvalue weighted by atomic mass is 16.5. The van der Waals surface area contributed by atoms with Gasteiger partial charge in [0.2, 0.25) is 5.91 Å². The van der Waals surface area contributed by atoms with Crippen molar-refractivity contribution in [1.82, 2.24) is 10.2 Å². The van der Waals surface area contributed by atoms with Crippen LogP contribution in [0.4, 0.5) is 11.4 Å². The molecule has 0 spiro atoms. The molecule has 1 N–H and O–H groups in total. The Morgan fingerprint density at radius 2 is 1.91 bits per heavy atom. The molecule has 1 amide bonds. The van der Waals surface area contributed by atoms with Crippen molar-refractivity contribution in [2.45, 2.75) is 12.5 Å². The van der Waals surface area contributed by atoms with Crippen LogP contribution in [-0.4, -0.2) is 83.0 Å². The third-order valence-corrected chi connectivity index (χ3v) is 7.21. The molecule has 2 aromatic carbocycles. The number of piperazine rings is 1. The van der Waals surface area contributed by atoms with Crippen LogP contribution in [0.25, 0.3) is 0 Å². The van der Waals surface area contributed by atoms with E-state index in [1.165, 1.54) is 16.9 Å². The van der Waals surface area contributed by atoms with Crippen molar-refractivity contribution < 1.29 is 14.3 Å². The maximum absolute atomic E-state index is 13.4. The summed E-state index contributed by atoms with van der Waals surface area (Å²) in [7, 11) is 1.71. The lowest BCUT2D eigenvalue weighted by Crippen LogP contribution is -2.61. The molecule has 176 valence electrons. The Morgan fingerprint density at radius 1 is 1.09 bits per heavy atom. The molecule has 0 unspecified atom stereocenters. The Morgan fingerprint density at radius 3 is 2.70 bits per heavy atom. The van der Waals surface area contributed by atoms with E-state index >= 15 is 0 Å². The van der Waals surface area contributed by atoms with Gasteiger partial charge in [-0.2, -0.15) is 0 Å². The summed E-state index contributed by atoms with van der Waals surface area (Å²) in [5.74, 6) is 0.947. The lowest BCUT2D eigenvalue weighted by atomic mass is 9.83. The van der Waals surface area contributed by atoms with E-state index in [-0.39, 0.29) is 17.9 Å². The number of amides is 1. The summed E-state index contributed by atoms with van der Waals surface area (Å²) < 4.78 is 10.9. The summed E-state index contributed by atoms with van der Waals surface area (Å²) in [5.41, 5.74) is 3.66. The first kappa shape index (κ1) is 22.0. The summed E-state index contributed by atoms with van der Waals surface area (Å²) >= 11 is 0. The number of nitrogens with zero attached hydrogens (tertiary/aromatic N) is 3. The van der Waals surface area contributed by atoms with Crippen molar-refractivity contribution >= 4 is 17.3 Å². The minimum absolute atomic E-state index is 0.0814. The van der Waals surface area contributed by atoms with E-state index in [1.54, 1.807) is 7.11 Å². The highest BCUT2D eigenvalue weighted by molar-refractivity contribution is 5.82. The average Bonchev–Trinajstić information content (AvgIpc) is 2.88. The van der Waals surface area contributed by atoms with Gasteiger partial charge < -0.3 is 24.6 Å². The molecule has 2 fully saturated rings. The Labute approximate surface area is 196 Å². The first-order chi connectivity index (χ1) is 16.2. The number of fused-ring (bicyclic) bond motifs is 3. The van der Waals surface area contributed by atoms with Crippen LogP contribution in [0, 0.1) is 5.92 Å². The predicted molar refractivity (Wildman–Crippen MR) is 130 cm³/mol. The molecule has 3 aliphatic rings. The number of para-hydroxylation sites is 1. The maximum Gasteiger partial charge on any atom is 0.225 e. The van der Waals surface area contributed by atoms with Crippen molar-refractivity contribution in [2.75, 3.05) is 75.9 Å². The van der Waals surface area contributed by atoms with Crippen LogP contribution in [0.15, 0.2) is 48.5 Å². The number of carbonyl (C=O) groups is 1. The second-order valence-electron chi connectivity index (χ2n) is 9.09. The normalized spacial score (nSPS) is 22.9. The summed E-state index contributed by atoms with van der Waals surface area (Å²) in [4.78, 5) is 20.7. The van der Waals surface area contributed by atoms with Crippen molar-refractivity contribution in [3.05, 3.63) is 54.1 Å². The summed E-state index contributed by atoms with van der Waals surface area (Å²) in [5, 5.41) is 3.25. The summed E-state index contributed by atoms with van der Waals surface area (Å²) in [6, 6.07) is 16.9. The van der Waals surface area contributed by atoms with E-state index in [2.05, 4.69) is 56.4 Å². The smallest absolute Gasteiger partial charge is 0.225 e. The van der Waals surface area contributed by atoms with Crippen molar-refractivity contribution in [1.29, 1.82) is 0 Å². The quantitative estimate of drug-likeness (QED) is 0.727. The van der Waals surface area contributed by atoms with Gasteiger partial charge in [0, 0.05) is 63.3 Å². The fourth-order valence-electron chi connectivity index (χ4n) is 5.37. The molecular formula is C26H34N4O3. The second kappa shape index (κ2) is 10.0. The molecule has 33 heavy (non-hydrogen) atoms. The number of methoxy groups -OCH3 is 1. The van der Waals surface area contributed by atoms with Crippen molar-refractivity contribution in [2.24, 2.45) is 5.92 Å². The van der Waals surface area contributed by atoms with Gasteiger partial charge in [-0.1, -0.05) is 24.3 Å². The number of ether oxygens (including phenoxy) is 2. The number of anilines is 2. The van der Waals surface area contributed by atoms with Gasteiger partial charge in [-0.05, 0) is 30.2 Å². The Bertz CT molecular complexity index is 948. The number of hydrogen-bond donors (Lipinski definition) is 1. The van der Waals surface area contributed by atoms with Crippen LogP contribution in [-0.2, 0) is 16.0 Å². The molecule has 3 heterocycles. The largest absolute Gasteiger partial charge is 0.497 e. The lowest BCUT2D eigenvalue weighted by Gasteiger charge is -2.49. The molecule has 2 aromatic rings. The van der Waals surface area contributed by atoms with E-state index in [0.717, 1.165) is 64.7 Å². The number of hydrogen-bond acceptors (Lipinski definition) is 6. The van der Waals surface area contributed by atoms with Gasteiger partial charge in [-0.3, -0.25) is 9.69 Å². The molecule has 2 atom stereocenters. The van der Waals surface area contributed by atoms with Gasteiger partial charge in [0.05, 0.1) is 32.3 Å². The number of rotatable bonds is 6. The third-order valence-electron chi connectivity index (χ3n) is 7.21. The van der Waals surface area contributed by atoms with E-state index in [9.17, 15) is 4.79 Å². The highest BCUT2D eigenvalue weighted by Gasteiger charge is 2.41. The number of nitrogens with one attached hydrogen (secondary N) is 1. The van der Waals surface area contributed by atoms with Gasteiger partial charge in [0.25, 0.3) is 0 Å². The van der Waals surface area contributed by atoms with Gasteiger partial charge >= 0.3 is 0 Å². The van der Waals surface area contributed by atoms with Crippen LogP contribution in [0.2, 0.25) is 0 Å². The van der Waals surface area contributed by atoms with Crippen LogP contribution < -0.4 is 19.9 Å². The van der Waals surface area contributed by atoms with E-state index < -0.39 is 0 Å². The molecule has 7 nitrogen and oxygen atoms in total. The number of benzene rings is 2. The van der Waals surface area contributed by atoms with Gasteiger partial charge in [-0.15, -0.1) is 0 Å². The molecule has 3 aliphatic heterocycles. The molecule has 0 radical (unpaired) electrons. The predicted octanol–water partition coefficient (Wildman–Crippen LogP) is 2.01. The van der Waals surface area contributed by atoms with Crippen LogP contribution in [0.5, 0.6) is 5.75 Å². The summed E-state index contributed by atoms with van der Waals surface area (Å²) in [6.07, 6.45) is 0.756. The first-order valence-corrected chi connectivity index (χ1v) is 12.0. The minimum Gasteiger partial charge on any atom is -0.497 e. The zero-order valence-electron chi connectivity index (χ0n) is 19.4. The average molecular weight is 451 g/mol. The van der Waals surface area contributed by atoms with E-state index in [0.29, 0.717) is 6.54 Å². The molecule has 2 saturated heterocycles. The lowest BCUT2D eigenvalue weighted by molar-refractivity contribution is -0.125. The fourth-order valence-corrected chi connectivity index (χ4v) is 5.37. The van der Waals surface area contributed by atoms with Crippen LogP contribution >= 0.6 is 0 Å². The molecule has 0 aromatic heterocycles. The second-order valence-corrected chi connectivity index (χ2v) is 9.09.